The number of amides is 1. The number of aromatic nitrogens is 2. The van der Waals surface area contributed by atoms with Gasteiger partial charge in [-0.1, -0.05) is 0 Å². The zero-order valence-electron chi connectivity index (χ0n) is 11.3. The van der Waals surface area contributed by atoms with E-state index in [1.165, 1.54) is 19.5 Å². The molecule has 1 rings (SSSR count). The first-order chi connectivity index (χ1) is 9.02. The lowest BCUT2D eigenvalue weighted by molar-refractivity contribution is -0.142. The van der Waals surface area contributed by atoms with Gasteiger partial charge in [0.1, 0.15) is 0 Å². The van der Waals surface area contributed by atoms with Crippen molar-refractivity contribution in [2.24, 2.45) is 0 Å². The van der Waals surface area contributed by atoms with Crippen LogP contribution in [0, 0.1) is 0 Å². The maximum atomic E-state index is 11.8. The molecule has 7 nitrogen and oxygen atoms in total. The summed E-state index contributed by atoms with van der Waals surface area (Å²) in [6.45, 7) is 3.94. The molecule has 104 valence electrons. The van der Waals surface area contributed by atoms with Crippen LogP contribution in [0.1, 0.15) is 13.8 Å². The van der Waals surface area contributed by atoms with Crippen LogP contribution < -0.4 is 5.32 Å². The van der Waals surface area contributed by atoms with Gasteiger partial charge in [0.05, 0.1) is 20.2 Å². The van der Waals surface area contributed by atoms with Crippen LogP contribution in [0.15, 0.2) is 18.5 Å². The second kappa shape index (κ2) is 7.42. The largest absolute Gasteiger partial charge is 0.468 e. The molecule has 0 aromatic carbocycles. The van der Waals surface area contributed by atoms with E-state index in [4.69, 9.17) is 0 Å². The number of carbonyl (C=O) groups is 2. The highest BCUT2D eigenvalue weighted by atomic mass is 16.5. The SMILES string of the molecule is COC(=O)CN(CC(=O)Nc1ncccn1)C(C)C. The quantitative estimate of drug-likeness (QED) is 0.745. The summed E-state index contributed by atoms with van der Waals surface area (Å²) in [6, 6.07) is 1.70. The fourth-order valence-corrected chi connectivity index (χ4v) is 1.36. The van der Waals surface area contributed by atoms with E-state index in [-0.39, 0.29) is 37.0 Å². The van der Waals surface area contributed by atoms with Gasteiger partial charge in [-0.25, -0.2) is 9.97 Å². The molecular formula is C12H18N4O3. The van der Waals surface area contributed by atoms with Crippen molar-refractivity contribution in [3.63, 3.8) is 0 Å². The third-order valence-corrected chi connectivity index (χ3v) is 2.45. The molecule has 0 aliphatic heterocycles. The van der Waals surface area contributed by atoms with E-state index in [0.29, 0.717) is 0 Å². The maximum Gasteiger partial charge on any atom is 0.319 e. The van der Waals surface area contributed by atoms with Crippen molar-refractivity contribution in [3.8, 4) is 0 Å². The van der Waals surface area contributed by atoms with Crippen LogP contribution in [0.2, 0.25) is 0 Å². The predicted molar refractivity (Wildman–Crippen MR) is 69.4 cm³/mol. The minimum absolute atomic E-state index is 0.0431. The van der Waals surface area contributed by atoms with E-state index in [9.17, 15) is 9.59 Å². The van der Waals surface area contributed by atoms with Gasteiger partial charge in [0.2, 0.25) is 11.9 Å². The number of ether oxygens (including phenoxy) is 1. The predicted octanol–water partition coefficient (Wildman–Crippen LogP) is 0.298. The molecule has 0 atom stereocenters. The monoisotopic (exact) mass is 266 g/mol. The first-order valence-electron chi connectivity index (χ1n) is 5.90. The Bertz CT molecular complexity index is 422. The zero-order valence-corrected chi connectivity index (χ0v) is 11.3. The number of nitrogens with zero attached hydrogens (tertiary/aromatic N) is 3. The Labute approximate surface area is 112 Å². The lowest BCUT2D eigenvalue weighted by Crippen LogP contribution is -2.41. The van der Waals surface area contributed by atoms with Crippen LogP contribution >= 0.6 is 0 Å². The van der Waals surface area contributed by atoms with Crippen molar-refractivity contribution in [1.29, 1.82) is 0 Å². The molecule has 0 fully saturated rings. The van der Waals surface area contributed by atoms with Crippen molar-refractivity contribution < 1.29 is 14.3 Å². The van der Waals surface area contributed by atoms with E-state index in [2.05, 4.69) is 20.0 Å². The van der Waals surface area contributed by atoms with Gasteiger partial charge in [0, 0.05) is 18.4 Å². The topological polar surface area (TPSA) is 84.4 Å². The lowest BCUT2D eigenvalue weighted by atomic mass is 10.3. The number of hydrogen-bond donors (Lipinski definition) is 1. The smallest absolute Gasteiger partial charge is 0.319 e. The molecule has 1 aromatic heterocycles. The highest BCUT2D eigenvalue weighted by Gasteiger charge is 2.18. The summed E-state index contributed by atoms with van der Waals surface area (Å²) in [6.07, 6.45) is 3.08. The summed E-state index contributed by atoms with van der Waals surface area (Å²) in [5.41, 5.74) is 0. The average Bonchev–Trinajstić information content (AvgIpc) is 2.38. The van der Waals surface area contributed by atoms with Crippen molar-refractivity contribution in [1.82, 2.24) is 14.9 Å². The minimum Gasteiger partial charge on any atom is -0.468 e. The molecule has 0 radical (unpaired) electrons. The Balaban J connectivity index is 2.54. The summed E-state index contributed by atoms with van der Waals surface area (Å²) < 4.78 is 4.59. The number of nitrogens with one attached hydrogen (secondary N) is 1. The standard InChI is InChI=1S/C12H18N4O3/c1-9(2)16(8-11(18)19-3)7-10(17)15-12-13-5-4-6-14-12/h4-6,9H,7-8H2,1-3H3,(H,13,14,15,17). The van der Waals surface area contributed by atoms with E-state index in [1.54, 1.807) is 11.0 Å². The van der Waals surface area contributed by atoms with Gasteiger partial charge < -0.3 is 4.74 Å². The number of methoxy groups -OCH3 is 1. The van der Waals surface area contributed by atoms with Gasteiger partial charge in [0.15, 0.2) is 0 Å². The Morgan fingerprint density at radius 1 is 1.32 bits per heavy atom. The summed E-state index contributed by atoms with van der Waals surface area (Å²) in [4.78, 5) is 32.5. The van der Waals surface area contributed by atoms with Crippen LogP contribution in [0.3, 0.4) is 0 Å². The molecule has 1 aromatic rings. The van der Waals surface area contributed by atoms with Crippen LogP contribution in [-0.4, -0.2) is 53.0 Å². The molecular weight excluding hydrogens is 248 g/mol. The highest BCUT2D eigenvalue weighted by molar-refractivity contribution is 5.90. The van der Waals surface area contributed by atoms with E-state index in [0.717, 1.165) is 0 Å². The highest BCUT2D eigenvalue weighted by Crippen LogP contribution is 2.00. The van der Waals surface area contributed by atoms with Gasteiger partial charge in [-0.05, 0) is 19.9 Å². The molecule has 0 saturated carbocycles. The van der Waals surface area contributed by atoms with Crippen molar-refractivity contribution >= 4 is 17.8 Å². The average molecular weight is 266 g/mol. The molecule has 1 amide bonds. The summed E-state index contributed by atoms with van der Waals surface area (Å²) in [7, 11) is 1.32. The molecule has 0 spiro atoms. The second-order valence-electron chi connectivity index (χ2n) is 4.20. The third kappa shape index (κ3) is 5.43. The second-order valence-corrected chi connectivity index (χ2v) is 4.20. The summed E-state index contributed by atoms with van der Waals surface area (Å²) in [5.74, 6) is -0.407. The summed E-state index contributed by atoms with van der Waals surface area (Å²) >= 11 is 0. The van der Waals surface area contributed by atoms with Gasteiger partial charge in [-0.15, -0.1) is 0 Å². The Morgan fingerprint density at radius 3 is 2.47 bits per heavy atom. The number of carbonyl (C=O) groups excluding carboxylic acids is 2. The molecule has 19 heavy (non-hydrogen) atoms. The van der Waals surface area contributed by atoms with E-state index in [1.807, 2.05) is 13.8 Å². The van der Waals surface area contributed by atoms with Crippen LogP contribution in [0.5, 0.6) is 0 Å². The molecule has 1 N–H and O–H groups in total. The fourth-order valence-electron chi connectivity index (χ4n) is 1.36. The zero-order chi connectivity index (χ0) is 14.3. The number of esters is 1. The Morgan fingerprint density at radius 2 is 1.95 bits per heavy atom. The first kappa shape index (κ1) is 15.0. The first-order valence-corrected chi connectivity index (χ1v) is 5.90. The van der Waals surface area contributed by atoms with Crippen molar-refractivity contribution in [2.75, 3.05) is 25.5 Å². The van der Waals surface area contributed by atoms with E-state index < -0.39 is 0 Å². The lowest BCUT2D eigenvalue weighted by Gasteiger charge is -2.24. The fraction of sp³-hybridized carbons (Fsp3) is 0.500. The molecule has 0 aliphatic carbocycles. The molecule has 0 aliphatic rings. The molecule has 0 bridgehead atoms. The Kier molecular flexibility index (Phi) is 5.87. The molecule has 7 heteroatoms. The third-order valence-electron chi connectivity index (χ3n) is 2.45. The minimum atomic E-state index is -0.377. The van der Waals surface area contributed by atoms with Crippen LogP contribution in [-0.2, 0) is 14.3 Å². The van der Waals surface area contributed by atoms with E-state index >= 15 is 0 Å². The normalized spacial score (nSPS) is 10.6. The number of anilines is 1. The van der Waals surface area contributed by atoms with Gasteiger partial charge >= 0.3 is 5.97 Å². The number of hydrogen-bond acceptors (Lipinski definition) is 6. The van der Waals surface area contributed by atoms with Gasteiger partial charge in [0.25, 0.3) is 0 Å². The number of rotatable bonds is 6. The van der Waals surface area contributed by atoms with Gasteiger partial charge in [-0.3, -0.25) is 19.8 Å². The molecule has 0 saturated heterocycles. The molecule has 1 heterocycles. The van der Waals surface area contributed by atoms with Gasteiger partial charge in [-0.2, -0.15) is 0 Å². The molecule has 0 unspecified atom stereocenters. The van der Waals surface area contributed by atoms with Crippen molar-refractivity contribution in [2.45, 2.75) is 19.9 Å². The van der Waals surface area contributed by atoms with Crippen LogP contribution in [0.25, 0.3) is 0 Å². The summed E-state index contributed by atoms with van der Waals surface area (Å²) in [5, 5.41) is 2.56. The van der Waals surface area contributed by atoms with Crippen molar-refractivity contribution in [3.05, 3.63) is 18.5 Å². The maximum absolute atomic E-state index is 11.8. The Hall–Kier alpha value is -2.02. The van der Waals surface area contributed by atoms with Crippen LogP contribution in [0.4, 0.5) is 5.95 Å².